The zero-order valence-electron chi connectivity index (χ0n) is 8.90. The molecule has 0 aromatic carbocycles. The van der Waals surface area contributed by atoms with Gasteiger partial charge in [0.1, 0.15) is 0 Å². The van der Waals surface area contributed by atoms with E-state index in [1.165, 1.54) is 11.3 Å². The fourth-order valence-electron chi connectivity index (χ4n) is 1.39. The van der Waals surface area contributed by atoms with Crippen LogP contribution in [-0.2, 0) is 0 Å². The summed E-state index contributed by atoms with van der Waals surface area (Å²) in [6.45, 7) is 1.96. The normalized spacial score (nSPS) is 10.5. The van der Waals surface area contributed by atoms with Gasteiger partial charge >= 0.3 is 5.97 Å². The predicted octanol–water partition coefficient (Wildman–Crippen LogP) is 3.05. The first-order valence-electron chi connectivity index (χ1n) is 4.75. The summed E-state index contributed by atoms with van der Waals surface area (Å²) in [7, 11) is 0. The summed E-state index contributed by atoms with van der Waals surface area (Å²) in [6.07, 6.45) is 0. The summed E-state index contributed by atoms with van der Waals surface area (Å²) in [6, 6.07) is 5.40. The van der Waals surface area contributed by atoms with E-state index in [9.17, 15) is 4.79 Å². The lowest BCUT2D eigenvalue weighted by Gasteiger charge is -2.05. The number of thiophene rings is 1. The number of halogens is 1. The Balaban J connectivity index is 2.60. The van der Waals surface area contributed by atoms with Crippen molar-refractivity contribution in [2.24, 2.45) is 0 Å². The van der Waals surface area contributed by atoms with Crippen LogP contribution in [-0.4, -0.2) is 16.1 Å². The van der Waals surface area contributed by atoms with E-state index in [4.69, 9.17) is 22.4 Å². The Labute approximate surface area is 107 Å². The minimum absolute atomic E-state index is 0.0190. The maximum absolute atomic E-state index is 11.0. The van der Waals surface area contributed by atoms with Gasteiger partial charge in [0.05, 0.1) is 21.3 Å². The summed E-state index contributed by atoms with van der Waals surface area (Å²) in [5, 5.41) is 8.95. The second-order valence-electron chi connectivity index (χ2n) is 3.47. The van der Waals surface area contributed by atoms with Crippen molar-refractivity contribution in [2.75, 3.05) is 5.73 Å². The molecule has 3 N–H and O–H groups in total. The number of carboxylic acids is 1. The van der Waals surface area contributed by atoms with Crippen molar-refractivity contribution < 1.29 is 9.90 Å². The van der Waals surface area contributed by atoms with Crippen molar-refractivity contribution in [2.45, 2.75) is 6.92 Å². The van der Waals surface area contributed by atoms with Crippen molar-refractivity contribution in [1.29, 1.82) is 0 Å². The molecule has 0 radical (unpaired) electrons. The number of nitrogen functional groups attached to an aromatic ring is 1. The molecule has 88 valence electrons. The highest BCUT2D eigenvalue weighted by Crippen LogP contribution is 2.31. The van der Waals surface area contributed by atoms with Crippen molar-refractivity contribution in [3.63, 3.8) is 0 Å². The van der Waals surface area contributed by atoms with Gasteiger partial charge in [0.15, 0.2) is 5.69 Å². The van der Waals surface area contributed by atoms with Gasteiger partial charge in [-0.25, -0.2) is 9.78 Å². The number of aryl methyl sites for hydroxylation is 1. The minimum atomic E-state index is -1.18. The van der Waals surface area contributed by atoms with Gasteiger partial charge in [-0.3, -0.25) is 0 Å². The molecule has 0 atom stereocenters. The molecule has 2 aromatic rings. The highest BCUT2D eigenvalue weighted by atomic mass is 35.5. The first kappa shape index (κ1) is 11.9. The van der Waals surface area contributed by atoms with E-state index in [1.54, 1.807) is 6.07 Å². The van der Waals surface area contributed by atoms with Gasteiger partial charge < -0.3 is 10.8 Å². The van der Waals surface area contributed by atoms with E-state index in [0.29, 0.717) is 5.69 Å². The Morgan fingerprint density at radius 1 is 1.53 bits per heavy atom. The lowest BCUT2D eigenvalue weighted by atomic mass is 10.2. The van der Waals surface area contributed by atoms with Crippen LogP contribution in [0.25, 0.3) is 10.6 Å². The van der Waals surface area contributed by atoms with Crippen LogP contribution < -0.4 is 5.73 Å². The van der Waals surface area contributed by atoms with Crippen LogP contribution in [0.15, 0.2) is 18.2 Å². The molecule has 0 saturated heterocycles. The molecule has 0 unspecified atom stereocenters. The molecule has 0 aliphatic rings. The van der Waals surface area contributed by atoms with Crippen LogP contribution in [0.5, 0.6) is 0 Å². The monoisotopic (exact) mass is 268 g/mol. The Morgan fingerprint density at radius 3 is 2.76 bits per heavy atom. The smallest absolute Gasteiger partial charge is 0.356 e. The van der Waals surface area contributed by atoms with E-state index in [-0.39, 0.29) is 16.4 Å². The predicted molar refractivity (Wildman–Crippen MR) is 68.7 cm³/mol. The molecule has 0 aliphatic heterocycles. The number of hydrogen-bond donors (Lipinski definition) is 2. The zero-order chi connectivity index (χ0) is 12.6. The van der Waals surface area contributed by atoms with Crippen molar-refractivity contribution >= 4 is 34.6 Å². The molecular weight excluding hydrogens is 260 g/mol. The number of aromatic carboxylic acids is 1. The Hall–Kier alpha value is -1.59. The van der Waals surface area contributed by atoms with Crippen molar-refractivity contribution in [3.8, 4) is 10.6 Å². The molecule has 17 heavy (non-hydrogen) atoms. The number of pyridine rings is 1. The fraction of sp³-hybridized carbons (Fsp3) is 0.0909. The van der Waals surface area contributed by atoms with E-state index < -0.39 is 5.97 Å². The fourth-order valence-corrected chi connectivity index (χ4v) is 2.40. The number of nitrogens with zero attached hydrogens (tertiary/aromatic N) is 1. The zero-order valence-corrected chi connectivity index (χ0v) is 10.5. The van der Waals surface area contributed by atoms with E-state index in [2.05, 4.69) is 4.98 Å². The minimum Gasteiger partial charge on any atom is -0.476 e. The lowest BCUT2D eigenvalue weighted by Crippen LogP contribution is -2.04. The molecule has 0 saturated carbocycles. The van der Waals surface area contributed by atoms with Gasteiger partial charge in [0.2, 0.25) is 0 Å². The lowest BCUT2D eigenvalue weighted by molar-refractivity contribution is 0.0691. The molecule has 4 nitrogen and oxygen atoms in total. The third-order valence-electron chi connectivity index (χ3n) is 2.18. The van der Waals surface area contributed by atoms with Crippen molar-refractivity contribution in [3.05, 3.63) is 33.8 Å². The summed E-state index contributed by atoms with van der Waals surface area (Å²) in [5.41, 5.74) is 6.21. The number of carbonyl (C=O) groups is 1. The van der Waals surface area contributed by atoms with Crippen LogP contribution in [0, 0.1) is 6.92 Å². The van der Waals surface area contributed by atoms with Gasteiger partial charge in [-0.1, -0.05) is 11.6 Å². The molecule has 2 heterocycles. The van der Waals surface area contributed by atoms with E-state index >= 15 is 0 Å². The molecule has 2 aromatic heterocycles. The maximum Gasteiger partial charge on any atom is 0.356 e. The van der Waals surface area contributed by atoms with Gasteiger partial charge in [0.25, 0.3) is 0 Å². The quantitative estimate of drug-likeness (QED) is 0.878. The second-order valence-corrected chi connectivity index (χ2v) is 5.14. The molecule has 0 spiro atoms. The summed E-state index contributed by atoms with van der Waals surface area (Å²) < 4.78 is 0. The van der Waals surface area contributed by atoms with Crippen molar-refractivity contribution in [1.82, 2.24) is 4.98 Å². The van der Waals surface area contributed by atoms with Crippen LogP contribution in [0.2, 0.25) is 5.02 Å². The summed E-state index contributed by atoms with van der Waals surface area (Å²) >= 11 is 7.31. The van der Waals surface area contributed by atoms with Crippen LogP contribution in [0.3, 0.4) is 0 Å². The molecule has 0 amide bonds. The largest absolute Gasteiger partial charge is 0.476 e. The standard InChI is InChI=1S/C11H9ClN2O2S/c1-5-2-3-8(17-5)7-4-6(13)9(12)10(14-7)11(15)16/h2-4H,1H3,(H2,13,14)(H,15,16). The Kier molecular flexibility index (Phi) is 3.04. The second kappa shape index (κ2) is 4.35. The molecule has 6 heteroatoms. The summed E-state index contributed by atoms with van der Waals surface area (Å²) in [4.78, 5) is 17.0. The van der Waals surface area contributed by atoms with Gasteiger partial charge in [-0.15, -0.1) is 11.3 Å². The first-order valence-corrected chi connectivity index (χ1v) is 5.94. The Morgan fingerprint density at radius 2 is 2.24 bits per heavy atom. The molecule has 0 fully saturated rings. The highest BCUT2D eigenvalue weighted by Gasteiger charge is 2.16. The van der Waals surface area contributed by atoms with Crippen LogP contribution in [0.1, 0.15) is 15.4 Å². The molecule has 2 rings (SSSR count). The molecule has 0 bridgehead atoms. The van der Waals surface area contributed by atoms with Gasteiger partial charge in [0, 0.05) is 4.88 Å². The maximum atomic E-state index is 11.0. The Bertz CT molecular complexity index is 595. The summed E-state index contributed by atoms with van der Waals surface area (Å²) in [5.74, 6) is -1.18. The van der Waals surface area contributed by atoms with E-state index in [0.717, 1.165) is 9.75 Å². The number of anilines is 1. The molecular formula is C11H9ClN2O2S. The average Bonchev–Trinajstić information content (AvgIpc) is 2.68. The topological polar surface area (TPSA) is 76.2 Å². The number of carboxylic acid groups (broad SMARTS) is 1. The SMILES string of the molecule is Cc1ccc(-c2cc(N)c(Cl)c(C(=O)O)n2)s1. The molecule has 0 aliphatic carbocycles. The van der Waals surface area contributed by atoms with Crippen LogP contribution in [0.4, 0.5) is 5.69 Å². The van der Waals surface area contributed by atoms with E-state index in [1.807, 2.05) is 19.1 Å². The number of hydrogen-bond acceptors (Lipinski definition) is 4. The third kappa shape index (κ3) is 2.25. The third-order valence-corrected chi connectivity index (χ3v) is 3.60. The van der Waals surface area contributed by atoms with Gasteiger partial charge in [-0.2, -0.15) is 0 Å². The van der Waals surface area contributed by atoms with Crippen LogP contribution >= 0.6 is 22.9 Å². The highest BCUT2D eigenvalue weighted by molar-refractivity contribution is 7.15. The first-order chi connectivity index (χ1) is 7.99. The number of nitrogens with two attached hydrogens (primary N) is 1. The number of aromatic nitrogens is 1. The number of rotatable bonds is 2. The average molecular weight is 269 g/mol. The van der Waals surface area contributed by atoms with Gasteiger partial charge in [-0.05, 0) is 25.1 Å².